The van der Waals surface area contributed by atoms with Crippen LogP contribution >= 0.6 is 0 Å². The quantitative estimate of drug-likeness (QED) is 0.574. The number of ketones is 1. The number of nitrogens with two attached hydrogens (primary N) is 1. The Morgan fingerprint density at radius 1 is 1.09 bits per heavy atom. The summed E-state index contributed by atoms with van der Waals surface area (Å²) in [5.41, 5.74) is 8.98. The van der Waals surface area contributed by atoms with E-state index in [-0.39, 0.29) is 17.6 Å². The van der Waals surface area contributed by atoms with E-state index in [4.69, 9.17) is 15.2 Å². The normalized spacial score (nSPS) is 15.7. The molecule has 2 N–H and O–H groups in total. The lowest BCUT2D eigenvalue weighted by molar-refractivity contribution is 0.0780. The van der Waals surface area contributed by atoms with Crippen LogP contribution in [0.5, 0.6) is 5.75 Å². The van der Waals surface area contributed by atoms with Crippen LogP contribution in [0, 0.1) is 5.92 Å². The number of methoxy groups -OCH3 is 2. The van der Waals surface area contributed by atoms with Crippen LogP contribution in [-0.4, -0.2) is 53.7 Å². The van der Waals surface area contributed by atoms with Gasteiger partial charge in [-0.3, -0.25) is 9.59 Å². The summed E-state index contributed by atoms with van der Waals surface area (Å²) in [7, 11) is 3.23. The lowest BCUT2D eigenvalue weighted by atomic mass is 9.98. The lowest BCUT2D eigenvalue weighted by Gasteiger charge is -2.16. The van der Waals surface area contributed by atoms with Crippen molar-refractivity contribution in [2.45, 2.75) is 13.0 Å². The first-order chi connectivity index (χ1) is 15.5. The van der Waals surface area contributed by atoms with E-state index in [1.165, 1.54) is 10.9 Å². The molecular formula is C24H26N4O4. The fourth-order valence-electron chi connectivity index (χ4n) is 3.95. The number of nitrogens with zero attached hydrogens (tertiary/aromatic N) is 3. The zero-order chi connectivity index (χ0) is 22.7. The van der Waals surface area contributed by atoms with Gasteiger partial charge in [0.1, 0.15) is 11.6 Å². The Balaban J connectivity index is 1.44. The molecule has 0 aliphatic carbocycles. The van der Waals surface area contributed by atoms with Gasteiger partial charge in [0.25, 0.3) is 5.91 Å². The Morgan fingerprint density at radius 2 is 1.81 bits per heavy atom. The standard InChI is InChI=1S/C24H26N4O4/c1-31-15-16-3-5-17(6-4-16)24(30)27-12-11-18(14-27)22(29)21-13-26-28(23(21)25)19-7-9-20(32-2)10-8-19/h3-10,13,18H,11-12,14-15,25H2,1-2H3. The molecule has 8 heteroatoms. The molecule has 8 nitrogen and oxygen atoms in total. The van der Waals surface area contributed by atoms with E-state index >= 15 is 0 Å². The number of amides is 1. The molecule has 0 spiro atoms. The van der Waals surface area contributed by atoms with Crippen molar-refractivity contribution in [2.75, 3.05) is 33.0 Å². The third-order valence-corrected chi connectivity index (χ3v) is 5.75. The smallest absolute Gasteiger partial charge is 0.253 e. The van der Waals surface area contributed by atoms with Crippen LogP contribution < -0.4 is 10.5 Å². The van der Waals surface area contributed by atoms with Crippen LogP contribution in [0.2, 0.25) is 0 Å². The Bertz CT molecular complexity index is 1110. The van der Waals surface area contributed by atoms with Crippen molar-refractivity contribution in [1.29, 1.82) is 0 Å². The number of carbonyl (C=O) groups is 2. The molecule has 1 aliphatic heterocycles. The molecule has 2 heterocycles. The van der Waals surface area contributed by atoms with Gasteiger partial charge >= 0.3 is 0 Å². The summed E-state index contributed by atoms with van der Waals surface area (Å²) in [6, 6.07) is 14.6. The highest BCUT2D eigenvalue weighted by atomic mass is 16.5. The number of hydrogen-bond acceptors (Lipinski definition) is 6. The molecule has 0 saturated carbocycles. The number of benzene rings is 2. The molecule has 1 aliphatic rings. The minimum absolute atomic E-state index is 0.0776. The van der Waals surface area contributed by atoms with Crippen LogP contribution in [-0.2, 0) is 11.3 Å². The average molecular weight is 434 g/mol. The van der Waals surface area contributed by atoms with Gasteiger partial charge in [-0.1, -0.05) is 12.1 Å². The first kappa shape index (κ1) is 21.6. The van der Waals surface area contributed by atoms with Gasteiger partial charge in [0.2, 0.25) is 0 Å². The zero-order valence-corrected chi connectivity index (χ0v) is 18.2. The van der Waals surface area contributed by atoms with Gasteiger partial charge in [-0.2, -0.15) is 5.10 Å². The minimum Gasteiger partial charge on any atom is -0.497 e. The fraction of sp³-hybridized carbons (Fsp3) is 0.292. The van der Waals surface area contributed by atoms with Crippen molar-refractivity contribution >= 4 is 17.5 Å². The van der Waals surface area contributed by atoms with E-state index < -0.39 is 0 Å². The topological polar surface area (TPSA) is 99.7 Å². The fourth-order valence-corrected chi connectivity index (χ4v) is 3.95. The number of Topliss-reactive ketones (excluding diaryl/α,β-unsaturated/α-hetero) is 1. The summed E-state index contributed by atoms with van der Waals surface area (Å²) in [5.74, 6) is 0.542. The van der Waals surface area contributed by atoms with Gasteiger partial charge in [0.15, 0.2) is 5.78 Å². The first-order valence-electron chi connectivity index (χ1n) is 10.4. The number of ether oxygens (including phenoxy) is 2. The minimum atomic E-state index is -0.303. The molecule has 1 fully saturated rings. The average Bonchev–Trinajstić information content (AvgIpc) is 3.46. The molecule has 1 unspecified atom stereocenters. The number of hydrogen-bond donors (Lipinski definition) is 1. The predicted molar refractivity (Wildman–Crippen MR) is 120 cm³/mol. The number of rotatable bonds is 7. The molecule has 3 aromatic rings. The molecule has 4 rings (SSSR count). The second kappa shape index (κ2) is 9.23. The molecule has 0 bridgehead atoms. The highest BCUT2D eigenvalue weighted by Crippen LogP contribution is 2.27. The number of likely N-dealkylation sites (tertiary alicyclic amines) is 1. The Morgan fingerprint density at radius 3 is 2.47 bits per heavy atom. The summed E-state index contributed by atoms with van der Waals surface area (Å²) in [5, 5.41) is 4.30. The van der Waals surface area contributed by atoms with E-state index in [9.17, 15) is 9.59 Å². The van der Waals surface area contributed by atoms with Crippen molar-refractivity contribution in [3.8, 4) is 11.4 Å². The summed E-state index contributed by atoms with van der Waals surface area (Å²) in [6.45, 7) is 1.40. The molecule has 1 aromatic heterocycles. The van der Waals surface area contributed by atoms with E-state index in [0.717, 1.165) is 17.0 Å². The first-order valence-corrected chi connectivity index (χ1v) is 10.4. The van der Waals surface area contributed by atoms with Crippen molar-refractivity contribution in [1.82, 2.24) is 14.7 Å². The Labute approximate surface area is 186 Å². The zero-order valence-electron chi connectivity index (χ0n) is 18.2. The molecule has 0 radical (unpaired) electrons. The van der Waals surface area contributed by atoms with Crippen LogP contribution in [0.25, 0.3) is 5.69 Å². The van der Waals surface area contributed by atoms with Gasteiger partial charge in [-0.15, -0.1) is 0 Å². The number of anilines is 1. The second-order valence-electron chi connectivity index (χ2n) is 7.78. The van der Waals surface area contributed by atoms with Gasteiger partial charge in [0, 0.05) is 31.7 Å². The number of aromatic nitrogens is 2. The van der Waals surface area contributed by atoms with Crippen molar-refractivity contribution in [3.05, 3.63) is 71.4 Å². The Kier molecular flexibility index (Phi) is 6.23. The SMILES string of the molecule is COCc1ccc(C(=O)N2CCC(C(=O)c3cnn(-c4ccc(OC)cc4)c3N)C2)cc1. The number of carbonyl (C=O) groups excluding carboxylic acids is 2. The summed E-state index contributed by atoms with van der Waals surface area (Å²) in [6.07, 6.45) is 2.10. The van der Waals surface area contributed by atoms with Crippen LogP contribution in [0.4, 0.5) is 5.82 Å². The van der Waals surface area contributed by atoms with Crippen molar-refractivity contribution in [3.63, 3.8) is 0 Å². The predicted octanol–water partition coefficient (Wildman–Crippen LogP) is 2.95. The van der Waals surface area contributed by atoms with Gasteiger partial charge in [-0.25, -0.2) is 4.68 Å². The van der Waals surface area contributed by atoms with Crippen molar-refractivity contribution in [2.24, 2.45) is 5.92 Å². The van der Waals surface area contributed by atoms with Gasteiger partial charge in [-0.05, 0) is 48.4 Å². The molecular weight excluding hydrogens is 408 g/mol. The lowest BCUT2D eigenvalue weighted by Crippen LogP contribution is -2.30. The molecule has 2 aromatic carbocycles. The van der Waals surface area contributed by atoms with E-state index in [1.54, 1.807) is 43.4 Å². The third-order valence-electron chi connectivity index (χ3n) is 5.75. The number of nitrogen functional groups attached to an aromatic ring is 1. The highest BCUT2D eigenvalue weighted by molar-refractivity contribution is 6.03. The summed E-state index contributed by atoms with van der Waals surface area (Å²) < 4.78 is 11.8. The Hall–Kier alpha value is -3.65. The van der Waals surface area contributed by atoms with Crippen molar-refractivity contribution < 1.29 is 19.1 Å². The van der Waals surface area contributed by atoms with Crippen LogP contribution in [0.15, 0.2) is 54.7 Å². The molecule has 32 heavy (non-hydrogen) atoms. The van der Waals surface area contributed by atoms with Gasteiger partial charge < -0.3 is 20.1 Å². The van der Waals surface area contributed by atoms with E-state index in [1.807, 2.05) is 24.3 Å². The molecule has 1 atom stereocenters. The highest BCUT2D eigenvalue weighted by Gasteiger charge is 2.33. The van der Waals surface area contributed by atoms with Crippen LogP contribution in [0.3, 0.4) is 0 Å². The molecule has 1 saturated heterocycles. The summed E-state index contributed by atoms with van der Waals surface area (Å²) >= 11 is 0. The maximum Gasteiger partial charge on any atom is 0.253 e. The molecule has 1 amide bonds. The maximum atomic E-state index is 13.1. The monoisotopic (exact) mass is 434 g/mol. The summed E-state index contributed by atoms with van der Waals surface area (Å²) in [4.78, 5) is 27.7. The van der Waals surface area contributed by atoms with Crippen LogP contribution in [0.1, 0.15) is 32.7 Å². The molecule has 166 valence electrons. The maximum absolute atomic E-state index is 13.1. The second-order valence-corrected chi connectivity index (χ2v) is 7.78. The van der Waals surface area contributed by atoms with E-state index in [0.29, 0.717) is 43.1 Å². The third kappa shape index (κ3) is 4.22. The largest absolute Gasteiger partial charge is 0.497 e. The van der Waals surface area contributed by atoms with Gasteiger partial charge in [0.05, 0.1) is 31.2 Å². The van der Waals surface area contributed by atoms with E-state index in [2.05, 4.69) is 5.10 Å².